The molecule has 0 aliphatic carbocycles. The van der Waals surface area contributed by atoms with Crippen LogP contribution in [0.4, 0.5) is 0 Å². The van der Waals surface area contributed by atoms with Gasteiger partial charge in [-0.1, -0.05) is 12.5 Å². The quantitative estimate of drug-likeness (QED) is 0.857. The largest absolute Gasteiger partial charge is 0.480 e. The lowest BCUT2D eigenvalue weighted by Crippen LogP contribution is -2.43. The van der Waals surface area contributed by atoms with E-state index in [0.29, 0.717) is 0 Å². The number of hydrogen-bond acceptors (Lipinski definition) is 3. The smallest absolute Gasteiger partial charge is 0.320 e. The van der Waals surface area contributed by atoms with Gasteiger partial charge in [-0.3, -0.25) is 9.69 Å². The molecule has 82 valence electrons. The van der Waals surface area contributed by atoms with Crippen LogP contribution in [0.2, 0.25) is 0 Å². The molecule has 1 fully saturated rings. The topological polar surface area (TPSA) is 40.5 Å². The third-order valence-electron chi connectivity index (χ3n) is 2.84. The molecule has 15 heavy (non-hydrogen) atoms. The first-order valence-electron chi connectivity index (χ1n) is 5.26. The second-order valence-electron chi connectivity index (χ2n) is 3.90. The average molecular weight is 225 g/mol. The van der Waals surface area contributed by atoms with E-state index in [1.165, 1.54) is 4.88 Å². The predicted octanol–water partition coefficient (Wildman–Crippen LogP) is 2.19. The molecule has 1 aliphatic rings. The van der Waals surface area contributed by atoms with Crippen LogP contribution >= 0.6 is 11.3 Å². The van der Waals surface area contributed by atoms with E-state index in [9.17, 15) is 4.79 Å². The van der Waals surface area contributed by atoms with Crippen LogP contribution in [-0.4, -0.2) is 28.6 Å². The van der Waals surface area contributed by atoms with Crippen molar-refractivity contribution in [2.45, 2.75) is 31.8 Å². The molecule has 0 radical (unpaired) electrons. The molecule has 0 bridgehead atoms. The van der Waals surface area contributed by atoms with Crippen molar-refractivity contribution < 1.29 is 9.90 Å². The molecule has 2 rings (SSSR count). The van der Waals surface area contributed by atoms with Gasteiger partial charge in [-0.15, -0.1) is 11.3 Å². The molecule has 1 aliphatic heterocycles. The van der Waals surface area contributed by atoms with Gasteiger partial charge in [-0.25, -0.2) is 0 Å². The molecule has 1 atom stereocenters. The van der Waals surface area contributed by atoms with E-state index < -0.39 is 5.97 Å². The normalized spacial score (nSPS) is 22.8. The van der Waals surface area contributed by atoms with Crippen molar-refractivity contribution in [3.8, 4) is 0 Å². The van der Waals surface area contributed by atoms with Crippen molar-refractivity contribution in [1.29, 1.82) is 0 Å². The first-order chi connectivity index (χ1) is 7.27. The fraction of sp³-hybridized carbons (Fsp3) is 0.545. The number of hydrogen-bond donors (Lipinski definition) is 1. The van der Waals surface area contributed by atoms with E-state index >= 15 is 0 Å². The Balaban J connectivity index is 2.02. The number of thiophene rings is 1. The highest BCUT2D eigenvalue weighted by Gasteiger charge is 2.28. The summed E-state index contributed by atoms with van der Waals surface area (Å²) in [5, 5.41) is 11.1. The van der Waals surface area contributed by atoms with Crippen LogP contribution in [0.15, 0.2) is 17.5 Å². The number of carboxylic acid groups (broad SMARTS) is 1. The molecular weight excluding hydrogens is 210 g/mol. The highest BCUT2D eigenvalue weighted by Crippen LogP contribution is 2.21. The first-order valence-corrected chi connectivity index (χ1v) is 6.14. The molecule has 0 spiro atoms. The number of rotatable bonds is 3. The molecule has 1 aromatic heterocycles. The second kappa shape index (κ2) is 4.77. The van der Waals surface area contributed by atoms with Gasteiger partial charge in [-0.2, -0.15) is 0 Å². The van der Waals surface area contributed by atoms with Gasteiger partial charge < -0.3 is 5.11 Å². The summed E-state index contributed by atoms with van der Waals surface area (Å²) in [5.41, 5.74) is 0. The lowest BCUT2D eigenvalue weighted by atomic mass is 10.0. The monoisotopic (exact) mass is 225 g/mol. The Kier molecular flexibility index (Phi) is 3.38. The highest BCUT2D eigenvalue weighted by atomic mass is 32.1. The van der Waals surface area contributed by atoms with Crippen molar-refractivity contribution in [3.63, 3.8) is 0 Å². The molecular formula is C11H15NO2S. The van der Waals surface area contributed by atoms with Gasteiger partial charge in [0.1, 0.15) is 6.04 Å². The molecule has 0 aromatic carbocycles. The lowest BCUT2D eigenvalue weighted by Gasteiger charge is -2.32. The van der Waals surface area contributed by atoms with Gasteiger partial charge in [0, 0.05) is 11.4 Å². The van der Waals surface area contributed by atoms with Crippen molar-refractivity contribution >= 4 is 17.3 Å². The van der Waals surface area contributed by atoms with E-state index in [1.54, 1.807) is 11.3 Å². The lowest BCUT2D eigenvalue weighted by molar-refractivity contribution is -0.144. The zero-order valence-corrected chi connectivity index (χ0v) is 9.37. The minimum absolute atomic E-state index is 0.277. The van der Waals surface area contributed by atoms with E-state index in [4.69, 9.17) is 5.11 Å². The fourth-order valence-corrected chi connectivity index (χ4v) is 2.79. The van der Waals surface area contributed by atoms with Gasteiger partial charge in [0.2, 0.25) is 0 Å². The summed E-state index contributed by atoms with van der Waals surface area (Å²) in [5.74, 6) is -0.675. The number of likely N-dealkylation sites (tertiary alicyclic amines) is 1. The maximum Gasteiger partial charge on any atom is 0.320 e. The van der Waals surface area contributed by atoms with Crippen LogP contribution < -0.4 is 0 Å². The highest BCUT2D eigenvalue weighted by molar-refractivity contribution is 7.09. The van der Waals surface area contributed by atoms with E-state index in [0.717, 1.165) is 32.4 Å². The van der Waals surface area contributed by atoms with Gasteiger partial charge in [-0.05, 0) is 30.8 Å². The van der Waals surface area contributed by atoms with Crippen molar-refractivity contribution in [2.75, 3.05) is 6.54 Å². The number of aliphatic carboxylic acids is 1. The third-order valence-corrected chi connectivity index (χ3v) is 3.70. The molecule has 1 N–H and O–H groups in total. The van der Waals surface area contributed by atoms with Gasteiger partial charge >= 0.3 is 5.97 Å². The SMILES string of the molecule is O=C(O)C1CCCCN1Cc1cccs1. The Morgan fingerprint density at radius 2 is 2.47 bits per heavy atom. The summed E-state index contributed by atoms with van der Waals surface area (Å²) in [6.45, 7) is 1.70. The minimum Gasteiger partial charge on any atom is -0.480 e. The van der Waals surface area contributed by atoms with Gasteiger partial charge in [0.15, 0.2) is 0 Å². The molecule has 1 aromatic rings. The summed E-state index contributed by atoms with van der Waals surface area (Å²) < 4.78 is 0. The Morgan fingerprint density at radius 3 is 3.13 bits per heavy atom. The Labute approximate surface area is 93.3 Å². The van der Waals surface area contributed by atoms with Crippen LogP contribution in [0, 0.1) is 0 Å². The summed E-state index contributed by atoms with van der Waals surface area (Å²) >= 11 is 1.70. The van der Waals surface area contributed by atoms with Crippen LogP contribution in [-0.2, 0) is 11.3 Å². The maximum absolute atomic E-state index is 11.1. The number of piperidine rings is 1. The summed E-state index contributed by atoms with van der Waals surface area (Å²) in [4.78, 5) is 14.4. The Bertz CT molecular complexity index is 323. The maximum atomic E-state index is 11.1. The van der Waals surface area contributed by atoms with Crippen molar-refractivity contribution in [2.24, 2.45) is 0 Å². The average Bonchev–Trinajstić information content (AvgIpc) is 2.71. The molecule has 1 saturated heterocycles. The van der Waals surface area contributed by atoms with Gasteiger partial charge in [0.05, 0.1) is 0 Å². The number of carbonyl (C=O) groups is 1. The summed E-state index contributed by atoms with van der Waals surface area (Å²) in [6, 6.07) is 3.80. The summed E-state index contributed by atoms with van der Waals surface area (Å²) in [6.07, 6.45) is 2.95. The third kappa shape index (κ3) is 2.58. The minimum atomic E-state index is -0.675. The first kappa shape index (κ1) is 10.6. The van der Waals surface area contributed by atoms with Gasteiger partial charge in [0.25, 0.3) is 0 Å². The number of carboxylic acids is 1. The van der Waals surface area contributed by atoms with Crippen LogP contribution in [0.1, 0.15) is 24.1 Å². The fourth-order valence-electron chi connectivity index (χ4n) is 2.06. The van der Waals surface area contributed by atoms with E-state index in [2.05, 4.69) is 11.0 Å². The van der Waals surface area contributed by atoms with Crippen molar-refractivity contribution in [1.82, 2.24) is 4.90 Å². The Hall–Kier alpha value is -0.870. The predicted molar refractivity (Wildman–Crippen MR) is 60.0 cm³/mol. The molecule has 3 nitrogen and oxygen atoms in total. The molecule has 0 saturated carbocycles. The van der Waals surface area contributed by atoms with Crippen LogP contribution in [0.25, 0.3) is 0 Å². The van der Waals surface area contributed by atoms with Crippen LogP contribution in [0.3, 0.4) is 0 Å². The molecule has 1 unspecified atom stereocenters. The number of nitrogens with zero attached hydrogens (tertiary/aromatic N) is 1. The standard InChI is InChI=1S/C11H15NO2S/c13-11(14)10-5-1-2-6-12(10)8-9-4-3-7-15-9/h3-4,7,10H,1-2,5-6,8H2,(H,13,14). The van der Waals surface area contributed by atoms with E-state index in [-0.39, 0.29) is 6.04 Å². The van der Waals surface area contributed by atoms with Crippen molar-refractivity contribution in [3.05, 3.63) is 22.4 Å². The second-order valence-corrected chi connectivity index (χ2v) is 4.93. The molecule has 0 amide bonds. The molecule has 4 heteroatoms. The van der Waals surface area contributed by atoms with E-state index in [1.807, 2.05) is 11.4 Å². The summed E-state index contributed by atoms with van der Waals surface area (Å²) in [7, 11) is 0. The zero-order chi connectivity index (χ0) is 10.7. The zero-order valence-electron chi connectivity index (χ0n) is 8.56. The molecule has 2 heterocycles. The Morgan fingerprint density at radius 1 is 1.60 bits per heavy atom. The van der Waals surface area contributed by atoms with Crippen LogP contribution in [0.5, 0.6) is 0 Å².